The SMILES string of the molecule is C[C@H](NC(=O)N1CC(c2ccncc2)C1)C1CCCCC1. The summed E-state index contributed by atoms with van der Waals surface area (Å²) in [6, 6.07) is 4.51. The highest BCUT2D eigenvalue weighted by molar-refractivity contribution is 5.75. The number of pyridine rings is 1. The van der Waals surface area contributed by atoms with Gasteiger partial charge in [-0.3, -0.25) is 4.98 Å². The van der Waals surface area contributed by atoms with E-state index in [0.29, 0.717) is 17.9 Å². The summed E-state index contributed by atoms with van der Waals surface area (Å²) in [5.74, 6) is 1.14. The van der Waals surface area contributed by atoms with Crippen LogP contribution < -0.4 is 5.32 Å². The first-order valence-electron chi connectivity index (χ1n) is 8.19. The van der Waals surface area contributed by atoms with Gasteiger partial charge in [0.15, 0.2) is 0 Å². The predicted octanol–water partition coefficient (Wildman–Crippen LogP) is 3.16. The maximum absolute atomic E-state index is 12.3. The summed E-state index contributed by atoms with van der Waals surface area (Å²) in [4.78, 5) is 18.2. The summed E-state index contributed by atoms with van der Waals surface area (Å²) in [5, 5.41) is 3.20. The zero-order chi connectivity index (χ0) is 14.7. The van der Waals surface area contributed by atoms with Gasteiger partial charge in [0.1, 0.15) is 0 Å². The summed E-state index contributed by atoms with van der Waals surface area (Å²) in [7, 11) is 0. The first-order chi connectivity index (χ1) is 10.2. The Morgan fingerprint density at radius 2 is 1.90 bits per heavy atom. The zero-order valence-corrected chi connectivity index (χ0v) is 12.8. The molecular formula is C17H25N3O. The van der Waals surface area contributed by atoms with Crippen LogP contribution in [0.3, 0.4) is 0 Å². The number of rotatable bonds is 3. The molecule has 1 saturated carbocycles. The molecule has 114 valence electrons. The number of nitrogens with one attached hydrogen (secondary N) is 1. The average molecular weight is 287 g/mol. The number of carbonyl (C=O) groups excluding carboxylic acids is 1. The van der Waals surface area contributed by atoms with Crippen LogP contribution in [-0.4, -0.2) is 35.0 Å². The van der Waals surface area contributed by atoms with Crippen LogP contribution in [0.25, 0.3) is 0 Å². The van der Waals surface area contributed by atoms with E-state index in [4.69, 9.17) is 0 Å². The summed E-state index contributed by atoms with van der Waals surface area (Å²) < 4.78 is 0. The lowest BCUT2D eigenvalue weighted by Crippen LogP contribution is -2.55. The van der Waals surface area contributed by atoms with Gasteiger partial charge >= 0.3 is 6.03 Å². The third-order valence-electron chi connectivity index (χ3n) is 5.05. The van der Waals surface area contributed by atoms with Crippen LogP contribution >= 0.6 is 0 Å². The smallest absolute Gasteiger partial charge is 0.317 e. The maximum Gasteiger partial charge on any atom is 0.317 e. The number of likely N-dealkylation sites (tertiary alicyclic amines) is 1. The van der Waals surface area contributed by atoms with E-state index in [1.54, 1.807) is 0 Å². The van der Waals surface area contributed by atoms with Crippen LogP contribution in [0.4, 0.5) is 4.79 Å². The highest BCUT2D eigenvalue weighted by atomic mass is 16.2. The number of hydrogen-bond acceptors (Lipinski definition) is 2. The summed E-state index contributed by atoms with van der Waals surface area (Å²) in [6.45, 7) is 3.81. The van der Waals surface area contributed by atoms with E-state index in [1.165, 1.54) is 37.7 Å². The third-order valence-corrected chi connectivity index (χ3v) is 5.05. The highest BCUT2D eigenvalue weighted by Gasteiger charge is 2.33. The number of amides is 2. The van der Waals surface area contributed by atoms with Crippen molar-refractivity contribution in [2.75, 3.05) is 13.1 Å². The fourth-order valence-corrected chi connectivity index (χ4v) is 3.53. The molecule has 0 unspecified atom stereocenters. The molecule has 1 aliphatic heterocycles. The monoisotopic (exact) mass is 287 g/mol. The van der Waals surface area contributed by atoms with E-state index >= 15 is 0 Å². The van der Waals surface area contributed by atoms with Crippen LogP contribution in [0.2, 0.25) is 0 Å². The zero-order valence-electron chi connectivity index (χ0n) is 12.8. The molecule has 0 spiro atoms. The molecule has 0 radical (unpaired) electrons. The van der Waals surface area contributed by atoms with E-state index in [9.17, 15) is 4.79 Å². The van der Waals surface area contributed by atoms with Crippen molar-refractivity contribution in [1.82, 2.24) is 15.2 Å². The highest BCUT2D eigenvalue weighted by Crippen LogP contribution is 2.28. The molecule has 2 amide bonds. The molecule has 2 heterocycles. The molecule has 0 bridgehead atoms. The summed E-state index contributed by atoms with van der Waals surface area (Å²) >= 11 is 0. The largest absolute Gasteiger partial charge is 0.335 e. The minimum atomic E-state index is 0.110. The Labute approximate surface area is 126 Å². The lowest BCUT2D eigenvalue weighted by Gasteiger charge is -2.40. The standard InChI is InChI=1S/C17H25N3O/c1-13(14-5-3-2-4-6-14)19-17(21)20-11-16(12-20)15-7-9-18-10-8-15/h7-10,13-14,16H,2-6,11-12H2,1H3,(H,19,21)/t13-/m0/s1. The third kappa shape index (κ3) is 3.36. The molecular weight excluding hydrogens is 262 g/mol. The molecule has 1 aromatic rings. The minimum absolute atomic E-state index is 0.110. The molecule has 1 N–H and O–H groups in total. The normalized spacial score (nSPS) is 21.7. The van der Waals surface area contributed by atoms with Crippen molar-refractivity contribution in [2.24, 2.45) is 5.92 Å². The summed E-state index contributed by atoms with van der Waals surface area (Å²) in [5.41, 5.74) is 1.29. The number of urea groups is 1. The minimum Gasteiger partial charge on any atom is -0.335 e. The lowest BCUT2D eigenvalue weighted by molar-refractivity contribution is 0.143. The Hall–Kier alpha value is -1.58. The maximum atomic E-state index is 12.3. The molecule has 21 heavy (non-hydrogen) atoms. The Balaban J connectivity index is 1.45. The quantitative estimate of drug-likeness (QED) is 0.928. The number of nitrogens with zero attached hydrogens (tertiary/aromatic N) is 2. The van der Waals surface area contributed by atoms with E-state index in [1.807, 2.05) is 29.4 Å². The predicted molar refractivity (Wildman–Crippen MR) is 83.1 cm³/mol. The molecule has 1 atom stereocenters. The van der Waals surface area contributed by atoms with Crippen LogP contribution in [0, 0.1) is 5.92 Å². The molecule has 1 saturated heterocycles. The molecule has 0 aromatic carbocycles. The second-order valence-corrected chi connectivity index (χ2v) is 6.52. The van der Waals surface area contributed by atoms with Gasteiger partial charge in [0, 0.05) is 37.4 Å². The number of carbonyl (C=O) groups is 1. The first kappa shape index (κ1) is 14.4. The molecule has 4 heteroatoms. The van der Waals surface area contributed by atoms with Crippen molar-refractivity contribution in [3.63, 3.8) is 0 Å². The van der Waals surface area contributed by atoms with Crippen LogP contribution in [-0.2, 0) is 0 Å². The Kier molecular flexibility index (Phi) is 4.42. The molecule has 2 aliphatic rings. The summed E-state index contributed by atoms with van der Waals surface area (Å²) in [6.07, 6.45) is 10.2. The Morgan fingerprint density at radius 1 is 1.24 bits per heavy atom. The van der Waals surface area contributed by atoms with Gasteiger partial charge in [0.25, 0.3) is 0 Å². The molecule has 4 nitrogen and oxygen atoms in total. The topological polar surface area (TPSA) is 45.2 Å². The lowest BCUT2D eigenvalue weighted by atomic mass is 9.84. The van der Waals surface area contributed by atoms with Gasteiger partial charge < -0.3 is 10.2 Å². The van der Waals surface area contributed by atoms with Gasteiger partial charge in [-0.15, -0.1) is 0 Å². The fourth-order valence-electron chi connectivity index (χ4n) is 3.53. The van der Waals surface area contributed by atoms with Gasteiger partial charge in [0.2, 0.25) is 0 Å². The van der Waals surface area contributed by atoms with Crippen molar-refractivity contribution in [3.05, 3.63) is 30.1 Å². The van der Waals surface area contributed by atoms with Gasteiger partial charge in [-0.1, -0.05) is 19.3 Å². The fraction of sp³-hybridized carbons (Fsp3) is 0.647. The Morgan fingerprint density at radius 3 is 2.57 bits per heavy atom. The van der Waals surface area contributed by atoms with Gasteiger partial charge in [-0.2, -0.15) is 0 Å². The van der Waals surface area contributed by atoms with Crippen LogP contribution in [0.5, 0.6) is 0 Å². The second-order valence-electron chi connectivity index (χ2n) is 6.52. The van der Waals surface area contributed by atoms with Gasteiger partial charge in [-0.05, 0) is 43.4 Å². The van der Waals surface area contributed by atoms with E-state index in [2.05, 4.69) is 17.2 Å². The molecule has 2 fully saturated rings. The van der Waals surface area contributed by atoms with Crippen molar-refractivity contribution in [1.29, 1.82) is 0 Å². The molecule has 1 aromatic heterocycles. The van der Waals surface area contributed by atoms with Gasteiger partial charge in [0.05, 0.1) is 0 Å². The van der Waals surface area contributed by atoms with Crippen LogP contribution in [0.15, 0.2) is 24.5 Å². The van der Waals surface area contributed by atoms with Crippen molar-refractivity contribution < 1.29 is 4.79 Å². The van der Waals surface area contributed by atoms with E-state index in [-0.39, 0.29) is 6.03 Å². The van der Waals surface area contributed by atoms with Crippen molar-refractivity contribution in [3.8, 4) is 0 Å². The van der Waals surface area contributed by atoms with Crippen LogP contribution in [0.1, 0.15) is 50.5 Å². The average Bonchev–Trinajstić information content (AvgIpc) is 2.47. The Bertz CT molecular complexity index is 464. The molecule has 3 rings (SSSR count). The van der Waals surface area contributed by atoms with Crippen molar-refractivity contribution >= 4 is 6.03 Å². The number of aromatic nitrogens is 1. The van der Waals surface area contributed by atoms with Gasteiger partial charge in [-0.25, -0.2) is 4.79 Å². The molecule has 1 aliphatic carbocycles. The van der Waals surface area contributed by atoms with E-state index < -0.39 is 0 Å². The van der Waals surface area contributed by atoms with Crippen molar-refractivity contribution in [2.45, 2.75) is 51.0 Å². The number of hydrogen-bond donors (Lipinski definition) is 1. The first-order valence-corrected chi connectivity index (χ1v) is 8.19. The van der Waals surface area contributed by atoms with E-state index in [0.717, 1.165) is 13.1 Å². The second kappa shape index (κ2) is 6.46.